The van der Waals surface area contributed by atoms with Gasteiger partial charge in [-0.05, 0) is 46.0 Å². The predicted octanol–water partition coefficient (Wildman–Crippen LogP) is 7.07. The molecule has 160 valence electrons. The zero-order valence-corrected chi connectivity index (χ0v) is 18.3. The van der Waals surface area contributed by atoms with E-state index in [1.165, 1.54) is 77.6 Å². The average Bonchev–Trinajstić information content (AvgIpc) is 2.57. The number of carbonyl (C=O) groups is 2. The molecule has 0 atom stereocenters. The van der Waals surface area contributed by atoms with E-state index in [2.05, 4.69) is 23.8 Å². The second-order valence-corrected chi connectivity index (χ2v) is 7.39. The summed E-state index contributed by atoms with van der Waals surface area (Å²) in [6.07, 6.45) is 21.3. The van der Waals surface area contributed by atoms with Crippen LogP contribution in [0, 0.1) is 0 Å². The highest BCUT2D eigenvalue weighted by Crippen LogP contribution is 2.09. The van der Waals surface area contributed by atoms with Gasteiger partial charge >= 0.3 is 11.9 Å². The first-order valence-corrected chi connectivity index (χ1v) is 10.9. The predicted molar refractivity (Wildman–Crippen MR) is 114 cm³/mol. The summed E-state index contributed by atoms with van der Waals surface area (Å²) in [5, 5.41) is 8.51. The maximum Gasteiger partial charge on any atom is 0.303 e. The fraction of sp³-hybridized carbons (Fsp3) is 0.826. The molecule has 0 aliphatic heterocycles. The van der Waals surface area contributed by atoms with E-state index < -0.39 is 5.97 Å². The molecule has 4 heteroatoms. The Balaban J connectivity index is 0. The highest BCUT2D eigenvalue weighted by Gasteiger charge is 1.96. The molecule has 0 rings (SSSR count). The van der Waals surface area contributed by atoms with Crippen LogP contribution in [0.1, 0.15) is 118 Å². The summed E-state index contributed by atoms with van der Waals surface area (Å²) in [6, 6.07) is 0. The van der Waals surface area contributed by atoms with Crippen molar-refractivity contribution >= 4 is 11.9 Å². The third-order valence-corrected chi connectivity index (χ3v) is 4.05. The lowest BCUT2D eigenvalue weighted by Gasteiger charge is -2.01. The van der Waals surface area contributed by atoms with Gasteiger partial charge in [0.15, 0.2) is 0 Å². The van der Waals surface area contributed by atoms with E-state index in [9.17, 15) is 9.59 Å². The van der Waals surface area contributed by atoms with Crippen molar-refractivity contribution in [3.63, 3.8) is 0 Å². The number of unbranched alkanes of at least 4 members (excludes halogenated alkanes) is 11. The summed E-state index contributed by atoms with van der Waals surface area (Å²) >= 11 is 0. The van der Waals surface area contributed by atoms with Crippen molar-refractivity contribution in [1.29, 1.82) is 0 Å². The van der Waals surface area contributed by atoms with Crippen LogP contribution in [0.5, 0.6) is 0 Å². The van der Waals surface area contributed by atoms with Gasteiger partial charge in [0.1, 0.15) is 0 Å². The fourth-order valence-electron chi connectivity index (χ4n) is 2.68. The van der Waals surface area contributed by atoms with Crippen LogP contribution in [0.4, 0.5) is 0 Å². The number of rotatable bonds is 16. The van der Waals surface area contributed by atoms with Crippen LogP contribution < -0.4 is 0 Å². The molecule has 0 bridgehead atoms. The molecule has 27 heavy (non-hydrogen) atoms. The number of allylic oxidation sites excluding steroid dienone is 2. The van der Waals surface area contributed by atoms with Crippen LogP contribution in [-0.2, 0) is 14.3 Å². The number of hydrogen-bond donors (Lipinski definition) is 1. The van der Waals surface area contributed by atoms with E-state index in [-0.39, 0.29) is 12.1 Å². The van der Waals surface area contributed by atoms with Gasteiger partial charge in [0.05, 0.1) is 6.10 Å². The van der Waals surface area contributed by atoms with Gasteiger partial charge in [0.25, 0.3) is 0 Å². The molecule has 0 fully saturated rings. The van der Waals surface area contributed by atoms with Gasteiger partial charge in [-0.3, -0.25) is 9.59 Å². The fourth-order valence-corrected chi connectivity index (χ4v) is 2.68. The molecule has 0 aromatic rings. The van der Waals surface area contributed by atoms with Crippen molar-refractivity contribution in [2.24, 2.45) is 0 Å². The van der Waals surface area contributed by atoms with Gasteiger partial charge in [-0.2, -0.15) is 0 Å². The largest absolute Gasteiger partial charge is 0.481 e. The van der Waals surface area contributed by atoms with Crippen LogP contribution in [0.15, 0.2) is 12.2 Å². The molecule has 0 aliphatic rings. The average molecular weight is 385 g/mol. The van der Waals surface area contributed by atoms with Crippen molar-refractivity contribution in [1.82, 2.24) is 0 Å². The monoisotopic (exact) mass is 384 g/mol. The number of esters is 1. The molecular weight excluding hydrogens is 340 g/mol. The Morgan fingerprint density at radius 3 is 1.63 bits per heavy atom. The zero-order valence-electron chi connectivity index (χ0n) is 18.3. The number of aliphatic carboxylic acids is 1. The van der Waals surface area contributed by atoms with E-state index in [1.54, 1.807) is 0 Å². The Labute approximate surface area is 167 Å². The summed E-state index contributed by atoms with van der Waals surface area (Å²) in [6.45, 7) is 7.30. The van der Waals surface area contributed by atoms with E-state index in [4.69, 9.17) is 5.11 Å². The van der Waals surface area contributed by atoms with Gasteiger partial charge in [-0.25, -0.2) is 0 Å². The minimum absolute atomic E-state index is 0.0255. The van der Waals surface area contributed by atoms with E-state index in [1.807, 2.05) is 13.8 Å². The molecule has 0 amide bonds. The lowest BCUT2D eigenvalue weighted by Crippen LogP contribution is -2.06. The second kappa shape index (κ2) is 22.7. The summed E-state index contributed by atoms with van der Waals surface area (Å²) < 4.78 is 4.61. The summed E-state index contributed by atoms with van der Waals surface area (Å²) in [7, 11) is 0. The first-order chi connectivity index (χ1) is 12.9. The first kappa shape index (κ1) is 27.9. The number of ether oxygens (including phenoxy) is 1. The van der Waals surface area contributed by atoms with Crippen molar-refractivity contribution in [2.75, 3.05) is 0 Å². The normalized spacial score (nSPS) is 10.7. The molecule has 4 nitrogen and oxygen atoms in total. The lowest BCUT2D eigenvalue weighted by molar-refractivity contribution is -0.144. The number of carboxylic acid groups (broad SMARTS) is 1. The minimum Gasteiger partial charge on any atom is -0.481 e. The second-order valence-electron chi connectivity index (χ2n) is 7.39. The Morgan fingerprint density at radius 2 is 1.26 bits per heavy atom. The van der Waals surface area contributed by atoms with Gasteiger partial charge in [0.2, 0.25) is 0 Å². The molecule has 0 aromatic carbocycles. The van der Waals surface area contributed by atoms with Crippen LogP contribution >= 0.6 is 0 Å². The maximum atomic E-state index is 10.3. The van der Waals surface area contributed by atoms with Crippen LogP contribution in [0.25, 0.3) is 0 Å². The standard InChI is InChI=1S/C18H34O2.C5H10O2/c1-2-3-4-5-6-7-8-9-10-11-12-13-14-15-16-17-18(19)20;1-4(2)7-5(3)6/h9-10H,2-8,11-17H2,1H3,(H,19,20);4H,1-3H3/b10-9-;. The lowest BCUT2D eigenvalue weighted by atomic mass is 10.1. The molecule has 0 saturated heterocycles. The van der Waals surface area contributed by atoms with Crippen LogP contribution in [0.2, 0.25) is 0 Å². The highest BCUT2D eigenvalue weighted by atomic mass is 16.5. The summed E-state index contributed by atoms with van der Waals surface area (Å²) in [4.78, 5) is 20.4. The molecule has 1 N–H and O–H groups in total. The van der Waals surface area contributed by atoms with Crippen LogP contribution in [-0.4, -0.2) is 23.1 Å². The number of carbonyl (C=O) groups excluding carboxylic acids is 1. The van der Waals surface area contributed by atoms with Gasteiger partial charge in [0, 0.05) is 13.3 Å². The molecule has 0 unspecified atom stereocenters. The Hall–Kier alpha value is -1.32. The van der Waals surface area contributed by atoms with Gasteiger partial charge in [-0.1, -0.05) is 70.4 Å². The third-order valence-electron chi connectivity index (χ3n) is 4.05. The van der Waals surface area contributed by atoms with Gasteiger partial charge in [-0.15, -0.1) is 0 Å². The van der Waals surface area contributed by atoms with Crippen LogP contribution in [0.3, 0.4) is 0 Å². The summed E-state index contributed by atoms with van der Waals surface area (Å²) in [5.74, 6) is -0.877. The van der Waals surface area contributed by atoms with E-state index in [0.29, 0.717) is 6.42 Å². The first-order valence-electron chi connectivity index (χ1n) is 10.9. The van der Waals surface area contributed by atoms with Crippen molar-refractivity contribution < 1.29 is 19.4 Å². The van der Waals surface area contributed by atoms with E-state index >= 15 is 0 Å². The topological polar surface area (TPSA) is 63.6 Å². The molecule has 0 aromatic heterocycles. The number of hydrogen-bond acceptors (Lipinski definition) is 3. The zero-order chi connectivity index (χ0) is 20.8. The molecular formula is C23H44O4. The Bertz CT molecular complexity index is 361. The van der Waals surface area contributed by atoms with Crippen molar-refractivity contribution in [3.8, 4) is 0 Å². The minimum atomic E-state index is -0.664. The van der Waals surface area contributed by atoms with E-state index in [0.717, 1.165) is 12.8 Å². The molecule has 0 spiro atoms. The SMILES string of the molecule is CC(=O)OC(C)C.CCCCCCCC/C=C\CCCCCCCC(=O)O. The Kier molecular flexibility index (Phi) is 23.5. The van der Waals surface area contributed by atoms with Crippen molar-refractivity contribution in [3.05, 3.63) is 12.2 Å². The molecule has 0 heterocycles. The maximum absolute atomic E-state index is 10.3. The smallest absolute Gasteiger partial charge is 0.303 e. The highest BCUT2D eigenvalue weighted by molar-refractivity contribution is 5.66. The third kappa shape index (κ3) is 32.8. The quantitative estimate of drug-likeness (QED) is 0.176. The van der Waals surface area contributed by atoms with Gasteiger partial charge < -0.3 is 9.84 Å². The molecule has 0 saturated carbocycles. The number of carboxylic acids is 1. The van der Waals surface area contributed by atoms with Crippen molar-refractivity contribution in [2.45, 2.75) is 124 Å². The summed E-state index contributed by atoms with van der Waals surface area (Å²) in [5.41, 5.74) is 0. The molecule has 0 radical (unpaired) electrons. The Morgan fingerprint density at radius 1 is 0.815 bits per heavy atom. The molecule has 0 aliphatic carbocycles.